The van der Waals surface area contributed by atoms with Crippen molar-refractivity contribution in [3.05, 3.63) is 29.6 Å². The molecule has 2 fully saturated rings. The van der Waals surface area contributed by atoms with E-state index in [2.05, 4.69) is 33.2 Å². The van der Waals surface area contributed by atoms with Gasteiger partial charge < -0.3 is 4.74 Å². The van der Waals surface area contributed by atoms with Gasteiger partial charge in [0, 0.05) is 12.5 Å². The number of aryl methyl sites for hydroxylation is 1. The number of nitrogens with zero attached hydrogens (tertiary/aromatic N) is 4. The van der Waals surface area contributed by atoms with Crippen molar-refractivity contribution in [1.82, 2.24) is 20.0 Å². The predicted molar refractivity (Wildman–Crippen MR) is 91.2 cm³/mol. The standard InChI is InChI=1S/C19H22N4O/c1-14-5-9-16(10-8-15-6-7-15)20-19(14)18-13-23(22-21-18)12-17-4-2-3-11-24-17/h5,9,13,15,17H,2-4,6-7,11-12H2,1H3. The van der Waals surface area contributed by atoms with Crippen LogP contribution in [0.3, 0.4) is 0 Å². The Bertz CT molecular complexity index is 776. The zero-order valence-corrected chi connectivity index (χ0v) is 14.0. The van der Waals surface area contributed by atoms with Gasteiger partial charge in [-0.1, -0.05) is 17.2 Å². The van der Waals surface area contributed by atoms with E-state index in [1.807, 2.05) is 23.9 Å². The molecule has 1 aliphatic heterocycles. The van der Waals surface area contributed by atoms with E-state index in [9.17, 15) is 0 Å². The van der Waals surface area contributed by atoms with E-state index < -0.39 is 0 Å². The van der Waals surface area contributed by atoms with Gasteiger partial charge in [-0.05, 0) is 56.6 Å². The maximum atomic E-state index is 5.78. The van der Waals surface area contributed by atoms with Crippen LogP contribution in [0.15, 0.2) is 18.3 Å². The summed E-state index contributed by atoms with van der Waals surface area (Å²) >= 11 is 0. The van der Waals surface area contributed by atoms with Gasteiger partial charge in [0.1, 0.15) is 11.4 Å². The summed E-state index contributed by atoms with van der Waals surface area (Å²) in [6, 6.07) is 4.04. The minimum absolute atomic E-state index is 0.248. The monoisotopic (exact) mass is 322 g/mol. The van der Waals surface area contributed by atoms with Crippen molar-refractivity contribution in [3.63, 3.8) is 0 Å². The zero-order chi connectivity index (χ0) is 16.4. The van der Waals surface area contributed by atoms with Crippen LogP contribution in [0.1, 0.15) is 43.4 Å². The van der Waals surface area contributed by atoms with Crippen LogP contribution in [0.2, 0.25) is 0 Å². The maximum Gasteiger partial charge on any atom is 0.131 e. The molecule has 2 aromatic rings. The number of ether oxygens (including phenoxy) is 1. The summed E-state index contributed by atoms with van der Waals surface area (Å²) < 4.78 is 7.65. The normalized spacial score (nSPS) is 20.5. The number of rotatable bonds is 3. The summed E-state index contributed by atoms with van der Waals surface area (Å²) in [7, 11) is 0. The molecule has 0 aromatic carbocycles. The number of pyridine rings is 1. The van der Waals surface area contributed by atoms with Crippen LogP contribution >= 0.6 is 0 Å². The molecule has 1 saturated carbocycles. The van der Waals surface area contributed by atoms with Crippen molar-refractivity contribution in [3.8, 4) is 23.2 Å². The Kier molecular flexibility index (Phi) is 4.31. The van der Waals surface area contributed by atoms with E-state index in [0.717, 1.165) is 48.6 Å². The molecule has 5 heteroatoms. The lowest BCUT2D eigenvalue weighted by Crippen LogP contribution is -2.24. The number of hydrogen-bond donors (Lipinski definition) is 0. The van der Waals surface area contributed by atoms with E-state index in [4.69, 9.17) is 4.74 Å². The van der Waals surface area contributed by atoms with Crippen LogP contribution in [-0.4, -0.2) is 32.7 Å². The Hall–Kier alpha value is -2.19. The van der Waals surface area contributed by atoms with Gasteiger partial charge in [0.2, 0.25) is 0 Å². The summed E-state index contributed by atoms with van der Waals surface area (Å²) in [5, 5.41) is 8.56. The van der Waals surface area contributed by atoms with Crippen LogP contribution in [0.4, 0.5) is 0 Å². The van der Waals surface area contributed by atoms with Gasteiger partial charge in [0.25, 0.3) is 0 Å². The molecule has 5 nitrogen and oxygen atoms in total. The van der Waals surface area contributed by atoms with Crippen LogP contribution in [0, 0.1) is 24.7 Å². The molecule has 3 heterocycles. The molecular formula is C19H22N4O. The minimum atomic E-state index is 0.248. The fraction of sp³-hybridized carbons (Fsp3) is 0.526. The van der Waals surface area contributed by atoms with E-state index in [1.54, 1.807) is 0 Å². The lowest BCUT2D eigenvalue weighted by molar-refractivity contribution is 0.00370. The van der Waals surface area contributed by atoms with Crippen molar-refractivity contribution in [2.75, 3.05) is 6.61 Å². The molecular weight excluding hydrogens is 300 g/mol. The lowest BCUT2D eigenvalue weighted by atomic mass is 10.1. The van der Waals surface area contributed by atoms with Gasteiger partial charge in [-0.2, -0.15) is 0 Å². The van der Waals surface area contributed by atoms with Crippen LogP contribution in [-0.2, 0) is 11.3 Å². The first-order valence-corrected chi connectivity index (χ1v) is 8.79. The molecule has 0 bridgehead atoms. The van der Waals surface area contributed by atoms with E-state index in [0.29, 0.717) is 5.92 Å². The summed E-state index contributed by atoms with van der Waals surface area (Å²) in [6.45, 7) is 3.66. The SMILES string of the molecule is Cc1ccc(C#CC2CC2)nc1-c1cn(CC2CCCCO2)nn1. The molecule has 2 aromatic heterocycles. The first kappa shape index (κ1) is 15.3. The van der Waals surface area contributed by atoms with Gasteiger partial charge in [0.15, 0.2) is 0 Å². The molecule has 124 valence electrons. The molecule has 1 atom stereocenters. The number of hydrogen-bond acceptors (Lipinski definition) is 4. The summed E-state index contributed by atoms with van der Waals surface area (Å²) in [6.07, 6.45) is 8.15. The highest BCUT2D eigenvalue weighted by molar-refractivity contribution is 5.58. The second kappa shape index (κ2) is 6.74. The van der Waals surface area contributed by atoms with Crippen LogP contribution < -0.4 is 0 Å². The third kappa shape index (κ3) is 3.65. The van der Waals surface area contributed by atoms with E-state index in [1.165, 1.54) is 19.3 Å². The van der Waals surface area contributed by atoms with Crippen molar-refractivity contribution in [1.29, 1.82) is 0 Å². The molecule has 1 unspecified atom stereocenters. The Morgan fingerprint density at radius 1 is 1.25 bits per heavy atom. The molecule has 0 spiro atoms. The predicted octanol–water partition coefficient (Wildman–Crippen LogP) is 2.98. The van der Waals surface area contributed by atoms with Gasteiger partial charge in [-0.15, -0.1) is 5.10 Å². The van der Waals surface area contributed by atoms with E-state index >= 15 is 0 Å². The Labute approximate surface area is 142 Å². The molecule has 24 heavy (non-hydrogen) atoms. The largest absolute Gasteiger partial charge is 0.376 e. The van der Waals surface area contributed by atoms with Gasteiger partial charge in [-0.25, -0.2) is 9.67 Å². The molecule has 1 saturated heterocycles. The molecule has 1 aliphatic carbocycles. The minimum Gasteiger partial charge on any atom is -0.376 e. The first-order chi connectivity index (χ1) is 11.8. The highest BCUT2D eigenvalue weighted by Crippen LogP contribution is 2.27. The maximum absolute atomic E-state index is 5.78. The molecule has 4 rings (SSSR count). The Morgan fingerprint density at radius 3 is 2.96 bits per heavy atom. The highest BCUT2D eigenvalue weighted by atomic mass is 16.5. The molecule has 0 amide bonds. The second-order valence-electron chi connectivity index (χ2n) is 6.72. The molecule has 2 aliphatic rings. The fourth-order valence-corrected chi connectivity index (χ4v) is 2.92. The molecule has 0 N–H and O–H groups in total. The summed E-state index contributed by atoms with van der Waals surface area (Å²) in [5.41, 5.74) is 3.58. The van der Waals surface area contributed by atoms with Crippen molar-refractivity contribution < 1.29 is 4.74 Å². The smallest absolute Gasteiger partial charge is 0.131 e. The van der Waals surface area contributed by atoms with Gasteiger partial charge in [-0.3, -0.25) is 0 Å². The summed E-state index contributed by atoms with van der Waals surface area (Å²) in [4.78, 5) is 4.68. The van der Waals surface area contributed by atoms with Crippen LogP contribution in [0.5, 0.6) is 0 Å². The third-order valence-corrected chi connectivity index (χ3v) is 4.52. The lowest BCUT2D eigenvalue weighted by Gasteiger charge is -2.21. The van der Waals surface area contributed by atoms with Gasteiger partial charge >= 0.3 is 0 Å². The topological polar surface area (TPSA) is 52.8 Å². The highest BCUT2D eigenvalue weighted by Gasteiger charge is 2.18. The average Bonchev–Trinajstić information content (AvgIpc) is 3.33. The number of aromatic nitrogens is 4. The van der Waals surface area contributed by atoms with Crippen molar-refractivity contribution >= 4 is 0 Å². The van der Waals surface area contributed by atoms with Crippen molar-refractivity contribution in [2.45, 2.75) is 51.7 Å². The van der Waals surface area contributed by atoms with Gasteiger partial charge in [0.05, 0.1) is 24.5 Å². The quantitative estimate of drug-likeness (QED) is 0.815. The molecule has 0 radical (unpaired) electrons. The summed E-state index contributed by atoms with van der Waals surface area (Å²) in [5.74, 6) is 7.02. The van der Waals surface area contributed by atoms with Crippen LogP contribution in [0.25, 0.3) is 11.4 Å². The Balaban J connectivity index is 1.52. The third-order valence-electron chi connectivity index (χ3n) is 4.52. The zero-order valence-electron chi connectivity index (χ0n) is 14.0. The fourth-order valence-electron chi connectivity index (χ4n) is 2.92. The van der Waals surface area contributed by atoms with Crippen molar-refractivity contribution in [2.24, 2.45) is 5.92 Å². The second-order valence-corrected chi connectivity index (χ2v) is 6.72. The van der Waals surface area contributed by atoms with E-state index in [-0.39, 0.29) is 6.10 Å². The average molecular weight is 322 g/mol. The first-order valence-electron chi connectivity index (χ1n) is 8.79. The Morgan fingerprint density at radius 2 is 2.17 bits per heavy atom.